The van der Waals surface area contributed by atoms with Crippen LogP contribution >= 0.6 is 0 Å². The number of carbonyl (C=O) groups excluding carboxylic acids is 2. The molecule has 2 rings (SSSR count). The van der Waals surface area contributed by atoms with Gasteiger partial charge in [0.25, 0.3) is 0 Å². The molecule has 0 heterocycles. The molecule has 5 nitrogen and oxygen atoms in total. The average molecular weight is 285 g/mol. The van der Waals surface area contributed by atoms with E-state index < -0.39 is 12.1 Å². The number of carbonyl (C=O) groups is 2. The van der Waals surface area contributed by atoms with Crippen LogP contribution in [-0.4, -0.2) is 25.2 Å². The van der Waals surface area contributed by atoms with Gasteiger partial charge in [-0.25, -0.2) is 9.59 Å². The molecule has 0 unspecified atom stereocenters. The molecule has 0 aliphatic heterocycles. The zero-order valence-electron chi connectivity index (χ0n) is 11.4. The van der Waals surface area contributed by atoms with Crippen molar-refractivity contribution >= 4 is 22.8 Å². The third kappa shape index (κ3) is 4.35. The molecule has 0 bridgehead atoms. The molecule has 0 aliphatic rings. The molecule has 0 spiro atoms. The van der Waals surface area contributed by atoms with Crippen LogP contribution in [0.1, 0.15) is 0 Å². The van der Waals surface area contributed by atoms with Crippen molar-refractivity contribution in [3.8, 4) is 5.75 Å². The predicted molar refractivity (Wildman–Crippen MR) is 79.1 cm³/mol. The van der Waals surface area contributed by atoms with Gasteiger partial charge in [-0.05, 0) is 22.9 Å². The number of rotatable bonds is 5. The Labute approximate surface area is 122 Å². The standard InChI is InChI=1S/C16H15NO4/c1-2-15(18)20-10-9-17-16(19)21-14-8-7-12-5-3-4-6-13(12)11-14/h2-8,11H,1,9-10H2,(H,17,19). The first-order chi connectivity index (χ1) is 10.2. The lowest BCUT2D eigenvalue weighted by atomic mass is 10.1. The zero-order chi connectivity index (χ0) is 15.1. The Hall–Kier alpha value is -2.82. The maximum absolute atomic E-state index is 11.6. The lowest BCUT2D eigenvalue weighted by molar-refractivity contribution is -0.137. The van der Waals surface area contributed by atoms with Crippen LogP contribution in [0.5, 0.6) is 5.75 Å². The third-order valence-corrected chi connectivity index (χ3v) is 2.71. The first-order valence-corrected chi connectivity index (χ1v) is 6.43. The molecule has 0 saturated carbocycles. The van der Waals surface area contributed by atoms with Crippen LogP contribution in [0.25, 0.3) is 10.8 Å². The highest BCUT2D eigenvalue weighted by molar-refractivity contribution is 5.84. The first-order valence-electron chi connectivity index (χ1n) is 6.43. The van der Waals surface area contributed by atoms with Crippen LogP contribution in [0, 0.1) is 0 Å². The fraction of sp³-hybridized carbons (Fsp3) is 0.125. The predicted octanol–water partition coefficient (Wildman–Crippen LogP) is 2.66. The van der Waals surface area contributed by atoms with Crippen LogP contribution in [0.3, 0.4) is 0 Å². The molecule has 0 aliphatic carbocycles. The van der Waals surface area contributed by atoms with E-state index in [1.165, 1.54) is 0 Å². The fourth-order valence-corrected chi connectivity index (χ4v) is 1.74. The highest BCUT2D eigenvalue weighted by Gasteiger charge is 2.05. The number of esters is 1. The van der Waals surface area contributed by atoms with E-state index in [-0.39, 0.29) is 13.2 Å². The van der Waals surface area contributed by atoms with Crippen LogP contribution < -0.4 is 10.1 Å². The van der Waals surface area contributed by atoms with Gasteiger partial charge in [0.1, 0.15) is 12.4 Å². The normalized spacial score (nSPS) is 9.90. The summed E-state index contributed by atoms with van der Waals surface area (Å²) < 4.78 is 9.87. The van der Waals surface area contributed by atoms with Gasteiger partial charge in [0.05, 0.1) is 6.54 Å². The van der Waals surface area contributed by atoms with Gasteiger partial charge in [-0.2, -0.15) is 0 Å². The second kappa shape index (κ2) is 7.09. The fourth-order valence-electron chi connectivity index (χ4n) is 1.74. The second-order valence-corrected chi connectivity index (χ2v) is 4.20. The van der Waals surface area contributed by atoms with Gasteiger partial charge < -0.3 is 14.8 Å². The zero-order valence-corrected chi connectivity index (χ0v) is 11.4. The second-order valence-electron chi connectivity index (χ2n) is 4.20. The molecule has 0 atom stereocenters. The summed E-state index contributed by atoms with van der Waals surface area (Å²) in [6.07, 6.45) is 0.466. The molecule has 0 radical (unpaired) electrons. The molecule has 2 aromatic rings. The van der Waals surface area contributed by atoms with E-state index in [4.69, 9.17) is 9.47 Å². The van der Waals surface area contributed by atoms with Gasteiger partial charge in [-0.1, -0.05) is 36.9 Å². The summed E-state index contributed by atoms with van der Waals surface area (Å²) in [5.74, 6) is -0.0750. The Bertz CT molecular complexity index is 666. The van der Waals surface area contributed by atoms with Crippen molar-refractivity contribution in [2.24, 2.45) is 0 Å². The highest BCUT2D eigenvalue weighted by Crippen LogP contribution is 2.20. The maximum atomic E-state index is 11.6. The van der Waals surface area contributed by atoms with Gasteiger partial charge in [0, 0.05) is 6.08 Å². The number of hydrogen-bond acceptors (Lipinski definition) is 4. The molecule has 0 saturated heterocycles. The molecule has 5 heteroatoms. The van der Waals surface area contributed by atoms with Crippen molar-refractivity contribution < 1.29 is 19.1 Å². The summed E-state index contributed by atoms with van der Waals surface area (Å²) in [4.78, 5) is 22.4. The van der Waals surface area contributed by atoms with Crippen LogP contribution in [-0.2, 0) is 9.53 Å². The van der Waals surface area contributed by atoms with Crippen LogP contribution in [0.15, 0.2) is 55.1 Å². The van der Waals surface area contributed by atoms with Crippen molar-refractivity contribution in [1.29, 1.82) is 0 Å². The van der Waals surface area contributed by atoms with Gasteiger partial charge in [0.15, 0.2) is 0 Å². The van der Waals surface area contributed by atoms with E-state index in [1.54, 1.807) is 12.1 Å². The lowest BCUT2D eigenvalue weighted by Gasteiger charge is -2.07. The monoisotopic (exact) mass is 285 g/mol. The lowest BCUT2D eigenvalue weighted by Crippen LogP contribution is -2.30. The minimum absolute atomic E-state index is 0.0671. The van der Waals surface area contributed by atoms with Gasteiger partial charge in [-0.3, -0.25) is 0 Å². The topological polar surface area (TPSA) is 64.6 Å². The van der Waals surface area contributed by atoms with Crippen molar-refractivity contribution in [3.05, 3.63) is 55.1 Å². The number of amides is 1. The Morgan fingerprint density at radius 2 is 1.90 bits per heavy atom. The van der Waals surface area contributed by atoms with E-state index in [9.17, 15) is 9.59 Å². The number of ether oxygens (including phenoxy) is 2. The molecule has 0 aromatic heterocycles. The van der Waals surface area contributed by atoms with E-state index in [2.05, 4.69) is 11.9 Å². The Kier molecular flexibility index (Phi) is 4.93. The Morgan fingerprint density at radius 1 is 1.14 bits per heavy atom. The summed E-state index contributed by atoms with van der Waals surface area (Å²) in [6.45, 7) is 3.51. The summed E-state index contributed by atoms with van der Waals surface area (Å²) in [7, 11) is 0. The molecule has 1 N–H and O–H groups in total. The van der Waals surface area contributed by atoms with E-state index in [0.717, 1.165) is 16.8 Å². The molecule has 108 valence electrons. The van der Waals surface area contributed by atoms with Crippen molar-refractivity contribution in [2.75, 3.05) is 13.2 Å². The Morgan fingerprint density at radius 3 is 2.67 bits per heavy atom. The number of nitrogens with one attached hydrogen (secondary N) is 1. The largest absolute Gasteiger partial charge is 0.461 e. The summed E-state index contributed by atoms with van der Waals surface area (Å²) in [5.41, 5.74) is 0. The SMILES string of the molecule is C=CC(=O)OCCNC(=O)Oc1ccc2ccccc2c1. The first kappa shape index (κ1) is 14.6. The third-order valence-electron chi connectivity index (χ3n) is 2.71. The van der Waals surface area contributed by atoms with E-state index in [0.29, 0.717) is 5.75 Å². The molecular weight excluding hydrogens is 270 g/mol. The van der Waals surface area contributed by atoms with Crippen molar-refractivity contribution in [3.63, 3.8) is 0 Å². The molecule has 2 aromatic carbocycles. The van der Waals surface area contributed by atoms with Crippen LogP contribution in [0.4, 0.5) is 4.79 Å². The van der Waals surface area contributed by atoms with Crippen LogP contribution in [0.2, 0.25) is 0 Å². The molecule has 0 fully saturated rings. The van der Waals surface area contributed by atoms with Gasteiger partial charge in [-0.15, -0.1) is 0 Å². The van der Waals surface area contributed by atoms with Gasteiger partial charge >= 0.3 is 12.1 Å². The number of hydrogen-bond donors (Lipinski definition) is 1. The smallest absolute Gasteiger partial charge is 0.412 e. The Balaban J connectivity index is 1.83. The molecule has 1 amide bonds. The van der Waals surface area contributed by atoms with E-state index in [1.807, 2.05) is 30.3 Å². The number of fused-ring (bicyclic) bond motifs is 1. The van der Waals surface area contributed by atoms with E-state index >= 15 is 0 Å². The average Bonchev–Trinajstić information content (AvgIpc) is 2.51. The summed E-state index contributed by atoms with van der Waals surface area (Å²) >= 11 is 0. The summed E-state index contributed by atoms with van der Waals surface area (Å²) in [5, 5.41) is 4.55. The highest BCUT2D eigenvalue weighted by atomic mass is 16.6. The molecule has 21 heavy (non-hydrogen) atoms. The summed E-state index contributed by atoms with van der Waals surface area (Å²) in [6, 6.07) is 13.2. The maximum Gasteiger partial charge on any atom is 0.412 e. The quantitative estimate of drug-likeness (QED) is 0.521. The number of benzene rings is 2. The molecular formula is C16H15NO4. The van der Waals surface area contributed by atoms with Crippen molar-refractivity contribution in [2.45, 2.75) is 0 Å². The van der Waals surface area contributed by atoms with Crippen molar-refractivity contribution in [1.82, 2.24) is 5.32 Å². The minimum atomic E-state index is -0.597. The van der Waals surface area contributed by atoms with Gasteiger partial charge in [0.2, 0.25) is 0 Å². The minimum Gasteiger partial charge on any atom is -0.461 e.